The highest BCUT2D eigenvalue weighted by molar-refractivity contribution is 5.74. The van der Waals surface area contributed by atoms with Crippen molar-refractivity contribution in [3.63, 3.8) is 0 Å². The Morgan fingerprint density at radius 1 is 1.11 bits per heavy atom. The quantitative estimate of drug-likeness (QED) is 0.793. The van der Waals surface area contributed by atoms with Gasteiger partial charge in [-0.1, -0.05) is 26.0 Å². The van der Waals surface area contributed by atoms with Crippen molar-refractivity contribution in [1.29, 1.82) is 0 Å². The van der Waals surface area contributed by atoms with Gasteiger partial charge >= 0.3 is 6.03 Å². The summed E-state index contributed by atoms with van der Waals surface area (Å²) in [6.45, 7) is 8.12. The zero-order valence-electron chi connectivity index (χ0n) is 17.8. The van der Waals surface area contributed by atoms with Crippen LogP contribution >= 0.6 is 0 Å². The summed E-state index contributed by atoms with van der Waals surface area (Å²) < 4.78 is 6.11. The minimum absolute atomic E-state index is 0.0806. The van der Waals surface area contributed by atoms with Crippen LogP contribution in [-0.2, 0) is 6.54 Å². The van der Waals surface area contributed by atoms with Gasteiger partial charge in [-0.3, -0.25) is 0 Å². The van der Waals surface area contributed by atoms with E-state index in [1.54, 1.807) is 0 Å². The second-order valence-electron chi connectivity index (χ2n) is 8.90. The molecular weight excluding hydrogens is 350 g/mol. The molecule has 0 radical (unpaired) electrons. The molecular formula is C23H37N3O2. The molecule has 0 saturated carbocycles. The summed E-state index contributed by atoms with van der Waals surface area (Å²) in [6.07, 6.45) is 7.07. The van der Waals surface area contributed by atoms with E-state index in [0.717, 1.165) is 63.1 Å². The van der Waals surface area contributed by atoms with Crippen molar-refractivity contribution >= 4 is 6.03 Å². The zero-order chi connectivity index (χ0) is 19.9. The number of piperidine rings is 2. The third-order valence-corrected chi connectivity index (χ3v) is 5.97. The number of carbonyl (C=O) groups is 1. The van der Waals surface area contributed by atoms with Crippen molar-refractivity contribution in [3.05, 3.63) is 29.8 Å². The number of urea groups is 1. The molecule has 2 fully saturated rings. The van der Waals surface area contributed by atoms with Gasteiger partial charge in [0.1, 0.15) is 11.9 Å². The lowest BCUT2D eigenvalue weighted by Crippen LogP contribution is -2.48. The van der Waals surface area contributed by atoms with E-state index in [0.29, 0.717) is 24.6 Å². The third kappa shape index (κ3) is 6.13. The van der Waals surface area contributed by atoms with E-state index in [4.69, 9.17) is 4.74 Å². The van der Waals surface area contributed by atoms with Gasteiger partial charge < -0.3 is 19.9 Å². The van der Waals surface area contributed by atoms with E-state index < -0.39 is 0 Å². The smallest absolute Gasteiger partial charge is 0.317 e. The van der Waals surface area contributed by atoms with Gasteiger partial charge in [-0.15, -0.1) is 0 Å². The van der Waals surface area contributed by atoms with Crippen LogP contribution in [0.1, 0.15) is 57.9 Å². The normalized spacial score (nSPS) is 21.7. The molecule has 2 saturated heterocycles. The van der Waals surface area contributed by atoms with Crippen molar-refractivity contribution in [2.24, 2.45) is 5.92 Å². The lowest BCUT2D eigenvalue weighted by atomic mass is 9.94. The van der Waals surface area contributed by atoms with Crippen molar-refractivity contribution < 1.29 is 9.53 Å². The number of benzene rings is 1. The van der Waals surface area contributed by atoms with Gasteiger partial charge in [-0.25, -0.2) is 4.79 Å². The molecule has 2 aliphatic heterocycles. The molecule has 28 heavy (non-hydrogen) atoms. The molecule has 1 N–H and O–H groups in total. The maximum absolute atomic E-state index is 12.7. The summed E-state index contributed by atoms with van der Waals surface area (Å²) in [5.74, 6) is 1.55. The number of rotatable bonds is 6. The fraction of sp³-hybridized carbons (Fsp3) is 0.696. The van der Waals surface area contributed by atoms with E-state index in [1.165, 1.54) is 6.42 Å². The molecule has 0 spiro atoms. The molecule has 1 aromatic carbocycles. The van der Waals surface area contributed by atoms with Crippen LogP contribution in [0, 0.1) is 5.92 Å². The Hall–Kier alpha value is -1.75. The maximum Gasteiger partial charge on any atom is 0.317 e. The number of carbonyl (C=O) groups excluding carboxylic acids is 1. The van der Waals surface area contributed by atoms with Crippen LogP contribution in [-0.4, -0.2) is 54.7 Å². The Labute approximate surface area is 170 Å². The lowest BCUT2D eigenvalue weighted by molar-refractivity contribution is 0.114. The first-order valence-electron chi connectivity index (χ1n) is 11.0. The van der Waals surface area contributed by atoms with Gasteiger partial charge in [0.25, 0.3) is 0 Å². The summed E-state index contributed by atoms with van der Waals surface area (Å²) >= 11 is 0. The number of amides is 2. The minimum atomic E-state index is 0.0806. The lowest BCUT2D eigenvalue weighted by Gasteiger charge is -2.36. The molecule has 1 unspecified atom stereocenters. The standard InChI is InChI=1S/C23H37N3O2/c1-18(2)16-20-6-4-5-13-26(20)23(27)24-17-19-7-9-21(10-8-19)28-22-11-14-25(3)15-12-22/h7-10,18,20,22H,4-6,11-17H2,1-3H3,(H,24,27). The van der Waals surface area contributed by atoms with Crippen LogP contribution in [0.3, 0.4) is 0 Å². The molecule has 156 valence electrons. The Kier molecular flexibility index (Phi) is 7.60. The Morgan fingerprint density at radius 3 is 2.50 bits per heavy atom. The van der Waals surface area contributed by atoms with Crippen LogP contribution in [0.15, 0.2) is 24.3 Å². The monoisotopic (exact) mass is 387 g/mol. The number of hydrogen-bond acceptors (Lipinski definition) is 3. The van der Waals surface area contributed by atoms with Crippen LogP contribution in [0.25, 0.3) is 0 Å². The van der Waals surface area contributed by atoms with E-state index in [9.17, 15) is 4.79 Å². The fourth-order valence-electron chi connectivity index (χ4n) is 4.32. The largest absolute Gasteiger partial charge is 0.490 e. The highest BCUT2D eigenvalue weighted by Crippen LogP contribution is 2.23. The Balaban J connectivity index is 1.46. The minimum Gasteiger partial charge on any atom is -0.490 e. The van der Waals surface area contributed by atoms with Gasteiger partial charge in [0.15, 0.2) is 0 Å². The molecule has 0 aromatic heterocycles. The van der Waals surface area contributed by atoms with Crippen molar-refractivity contribution in [2.45, 2.75) is 71.1 Å². The van der Waals surface area contributed by atoms with Crippen LogP contribution < -0.4 is 10.1 Å². The first-order valence-corrected chi connectivity index (χ1v) is 11.0. The Bertz CT molecular complexity index is 609. The summed E-state index contributed by atoms with van der Waals surface area (Å²) in [5, 5.41) is 3.12. The summed E-state index contributed by atoms with van der Waals surface area (Å²) in [5.41, 5.74) is 1.11. The summed E-state index contributed by atoms with van der Waals surface area (Å²) in [6, 6.07) is 8.65. The molecule has 1 atom stereocenters. The third-order valence-electron chi connectivity index (χ3n) is 5.97. The summed E-state index contributed by atoms with van der Waals surface area (Å²) in [7, 11) is 2.16. The molecule has 0 bridgehead atoms. The van der Waals surface area contributed by atoms with Gasteiger partial charge in [-0.2, -0.15) is 0 Å². The van der Waals surface area contributed by atoms with E-state index in [1.807, 2.05) is 12.1 Å². The van der Waals surface area contributed by atoms with Gasteiger partial charge in [0, 0.05) is 32.2 Å². The molecule has 0 aliphatic carbocycles. The van der Waals surface area contributed by atoms with Crippen LogP contribution in [0.5, 0.6) is 5.75 Å². The van der Waals surface area contributed by atoms with E-state index in [2.05, 4.69) is 48.1 Å². The summed E-state index contributed by atoms with van der Waals surface area (Å²) in [4.78, 5) is 17.1. The van der Waals surface area contributed by atoms with Crippen molar-refractivity contribution in [3.8, 4) is 5.75 Å². The van der Waals surface area contributed by atoms with Crippen LogP contribution in [0.2, 0.25) is 0 Å². The average molecular weight is 388 g/mol. The molecule has 1 aromatic rings. The maximum atomic E-state index is 12.7. The van der Waals surface area contributed by atoms with Gasteiger partial charge in [0.05, 0.1) is 0 Å². The number of nitrogens with one attached hydrogen (secondary N) is 1. The molecule has 5 nitrogen and oxygen atoms in total. The second kappa shape index (κ2) is 10.1. The molecule has 5 heteroatoms. The van der Waals surface area contributed by atoms with Gasteiger partial charge in [-0.05, 0) is 69.2 Å². The predicted molar refractivity (Wildman–Crippen MR) is 114 cm³/mol. The van der Waals surface area contributed by atoms with Crippen molar-refractivity contribution in [2.75, 3.05) is 26.7 Å². The molecule has 3 rings (SSSR count). The van der Waals surface area contributed by atoms with E-state index in [-0.39, 0.29) is 6.03 Å². The molecule has 2 aliphatic rings. The predicted octanol–water partition coefficient (Wildman–Crippen LogP) is 4.27. The first kappa shape index (κ1) is 21.0. The average Bonchev–Trinajstić information content (AvgIpc) is 2.69. The van der Waals surface area contributed by atoms with Gasteiger partial charge in [0.2, 0.25) is 0 Å². The number of likely N-dealkylation sites (tertiary alicyclic amines) is 2. The molecule has 2 heterocycles. The Morgan fingerprint density at radius 2 is 1.82 bits per heavy atom. The number of hydrogen-bond donors (Lipinski definition) is 1. The highest BCUT2D eigenvalue weighted by atomic mass is 16.5. The van der Waals surface area contributed by atoms with Crippen LogP contribution in [0.4, 0.5) is 4.79 Å². The topological polar surface area (TPSA) is 44.8 Å². The second-order valence-corrected chi connectivity index (χ2v) is 8.90. The number of ether oxygens (including phenoxy) is 1. The SMILES string of the molecule is CC(C)CC1CCCCN1C(=O)NCc1ccc(OC2CCN(C)CC2)cc1. The number of nitrogens with zero attached hydrogens (tertiary/aromatic N) is 2. The van der Waals surface area contributed by atoms with Crippen molar-refractivity contribution in [1.82, 2.24) is 15.1 Å². The van der Waals surface area contributed by atoms with E-state index >= 15 is 0 Å². The highest BCUT2D eigenvalue weighted by Gasteiger charge is 2.27. The first-order chi connectivity index (χ1) is 13.5. The molecule has 2 amide bonds. The zero-order valence-corrected chi connectivity index (χ0v) is 17.8. The fourth-order valence-corrected chi connectivity index (χ4v) is 4.32.